The minimum atomic E-state index is -4.70. The number of nitro groups is 3. The van der Waals surface area contributed by atoms with E-state index in [-0.39, 0.29) is 87.0 Å². The summed E-state index contributed by atoms with van der Waals surface area (Å²) in [7, 11) is 11.7. The number of nitrogen functional groups attached to an aromatic ring is 1. The maximum Gasteiger partial charge on any atom is 0.434 e. The number of alkyl halides is 15. The molecule has 8 aromatic rings. The van der Waals surface area contributed by atoms with Gasteiger partial charge in [-0.1, -0.05) is 49.2 Å². The van der Waals surface area contributed by atoms with Crippen molar-refractivity contribution in [1.82, 2.24) is 39.9 Å². The predicted octanol–water partition coefficient (Wildman–Crippen LogP) is 18.7. The largest absolute Gasteiger partial charge is 0.434 e. The van der Waals surface area contributed by atoms with Gasteiger partial charge in [-0.25, -0.2) is 39.9 Å². The van der Waals surface area contributed by atoms with Crippen LogP contribution in [0.4, 0.5) is 124 Å². The second-order valence-electron chi connectivity index (χ2n) is 28.4. The van der Waals surface area contributed by atoms with Crippen LogP contribution in [0.2, 0.25) is 10.2 Å². The van der Waals surface area contributed by atoms with Gasteiger partial charge in [-0.05, 0) is 146 Å². The number of piperidine rings is 2. The Kier molecular flexibility index (Phi) is 41.8. The van der Waals surface area contributed by atoms with E-state index in [2.05, 4.69) is 76.2 Å². The summed E-state index contributed by atoms with van der Waals surface area (Å²) in [6.45, 7) is 15.9. The molecule has 2 aliphatic rings. The fraction of sp³-hybridized carbons (Fsp3) is 0.442. The molecule has 0 saturated carbocycles. The van der Waals surface area contributed by atoms with Crippen LogP contribution in [0.25, 0.3) is 0 Å². The summed E-state index contributed by atoms with van der Waals surface area (Å²) in [6, 6.07) is 13.4. The highest BCUT2D eigenvalue weighted by Gasteiger charge is 2.40. The molecule has 0 radical (unpaired) electrons. The Balaban J connectivity index is 0.000000381. The van der Waals surface area contributed by atoms with E-state index in [1.165, 1.54) is 128 Å². The summed E-state index contributed by atoms with van der Waals surface area (Å²) < 4.78 is 190. The number of carbonyl (C=O) groups excluding carboxylic acids is 3. The maximum atomic E-state index is 13.4. The van der Waals surface area contributed by atoms with Crippen LogP contribution in [0.3, 0.4) is 0 Å². The minimum Gasteiger partial charge on any atom is -0.397 e. The van der Waals surface area contributed by atoms with Crippen molar-refractivity contribution in [3.05, 3.63) is 204 Å². The zero-order valence-corrected chi connectivity index (χ0v) is 73.6. The Morgan fingerprint density at radius 2 is 0.839 bits per heavy atom. The van der Waals surface area contributed by atoms with Gasteiger partial charge < -0.3 is 40.9 Å². The average molecular weight is 1940 g/mol. The van der Waals surface area contributed by atoms with Crippen LogP contribution in [0.5, 0.6) is 0 Å². The number of carbonyl (C=O) groups is 3. The molecule has 2 saturated heterocycles. The normalized spacial score (nSPS) is 12.9. The minimum absolute atomic E-state index is 0.00271. The number of nitrogens with zero attached hydrogens (tertiary/aromatic N) is 17. The van der Waals surface area contributed by atoms with Crippen molar-refractivity contribution in [3.63, 3.8) is 0 Å². The molecule has 0 amide bonds. The number of anilines is 7. The molecule has 2 fully saturated rings. The summed E-state index contributed by atoms with van der Waals surface area (Å²) in [4.78, 5) is 101. The molecule has 0 aromatic carbocycles. The van der Waals surface area contributed by atoms with Crippen LogP contribution in [-0.2, 0) is 71.1 Å². The van der Waals surface area contributed by atoms with Gasteiger partial charge in [0.15, 0.2) is 5.69 Å². The van der Waals surface area contributed by atoms with Gasteiger partial charge >= 0.3 is 30.9 Å². The fourth-order valence-corrected chi connectivity index (χ4v) is 11.9. The fourth-order valence-electron chi connectivity index (χ4n) is 11.1. The lowest BCUT2D eigenvalue weighted by Crippen LogP contribution is -2.34. The first-order valence-electron chi connectivity index (χ1n) is 36.7. The number of ketones is 2. The standard InChI is InChI=1S/C24H31F3N4O.C13H21N3.C11H13F3N2O.C8H8F3N3O2.C8H10F3N3.C6H2ClF3N2O2.C5H2ClIN2O2.C2H3ClO/c1-16-9-11-31(12-10-16)22-19(6-5-17(2)29-22)7-8-20(32)13-18-14-21(24(25,26)27)23(28-15-18)30(3)4;1-10-5-7-16(8-6-10)13-12(9-14)4-3-11(2)15-13;1-7(17)4-8-5-9(11(12,13)14)10(15-6-8)16(2)3;1-13(2)7-6(8(9,10)11)3-5(4-12-7)14(15)16;1-14(2)7-6(8(9,10)11)3-5(12)4-13-7;7-4-1-3(12(13)14)2-11-5(4)6(8,9)10;6-5-4(7)1-3(2-8-5)9(10)11;1-2(3)4/h5-6,14-16H,7-13H2,1-4H3;3-4,10H,5-9,14H2,1-2H3;5-6H,4H2,1-3H3;3-4H,1-2H3;3-4H,12H2,1-2H3;1-2H;1-2H;1H3. The van der Waals surface area contributed by atoms with Crippen LogP contribution in [0, 0.1) is 59.6 Å². The van der Waals surface area contributed by atoms with Gasteiger partial charge in [0.25, 0.3) is 17.1 Å². The van der Waals surface area contributed by atoms with Crippen molar-refractivity contribution in [3.8, 4) is 0 Å². The smallest absolute Gasteiger partial charge is 0.397 e. The summed E-state index contributed by atoms with van der Waals surface area (Å²) in [5, 5.41) is 29.8. The highest BCUT2D eigenvalue weighted by atomic mass is 127. The first-order valence-corrected chi connectivity index (χ1v) is 38.9. The molecule has 0 aliphatic carbocycles. The van der Waals surface area contributed by atoms with Gasteiger partial charge in [0.2, 0.25) is 5.24 Å². The second kappa shape index (κ2) is 48.1. The number of Topliss-reactive ketones (excluding diaryl/α,β-unsaturated/α-hetero) is 2. The molecule has 0 atom stereocenters. The number of nitrogens with two attached hydrogens (primary N) is 2. The quantitative estimate of drug-likeness (QED) is 0.0213. The van der Waals surface area contributed by atoms with E-state index < -0.39 is 90.0 Å². The maximum absolute atomic E-state index is 13.4. The number of pyridine rings is 8. The van der Waals surface area contributed by atoms with E-state index in [0.717, 1.165) is 109 Å². The van der Waals surface area contributed by atoms with Crippen LogP contribution in [0.15, 0.2) is 97.8 Å². The van der Waals surface area contributed by atoms with Gasteiger partial charge in [0, 0.05) is 163 Å². The van der Waals surface area contributed by atoms with Gasteiger partial charge in [0.05, 0.1) is 46.4 Å². The molecule has 10 heterocycles. The summed E-state index contributed by atoms with van der Waals surface area (Å²) in [5.41, 5.74) is 9.54. The molecule has 0 spiro atoms. The number of aromatic nitrogens is 8. The zero-order valence-electron chi connectivity index (χ0n) is 69.2. The molecule has 2 aliphatic heterocycles. The summed E-state index contributed by atoms with van der Waals surface area (Å²) in [6.07, 6.45) is -11.1. The third-order valence-corrected chi connectivity index (χ3v) is 18.8. The lowest BCUT2D eigenvalue weighted by atomic mass is 9.98. The van der Waals surface area contributed by atoms with E-state index in [0.29, 0.717) is 40.8 Å². The lowest BCUT2D eigenvalue weighted by Gasteiger charge is -2.32. The monoisotopic (exact) mass is 1940 g/mol. The molecule has 0 bridgehead atoms. The Bertz CT molecular complexity index is 4920. The number of rotatable bonds is 17. The number of aryl methyl sites for hydroxylation is 3. The van der Waals surface area contributed by atoms with Gasteiger partial charge in [-0.3, -0.25) is 44.7 Å². The van der Waals surface area contributed by atoms with Crippen molar-refractivity contribution in [2.24, 2.45) is 17.6 Å². The van der Waals surface area contributed by atoms with Gasteiger partial charge in [-0.2, -0.15) is 65.9 Å². The lowest BCUT2D eigenvalue weighted by molar-refractivity contribution is -0.385. The molecule has 124 heavy (non-hydrogen) atoms. The van der Waals surface area contributed by atoms with Crippen molar-refractivity contribution >= 4 is 132 Å². The molecular formula is C77H90Cl3F15IN19O9. The van der Waals surface area contributed by atoms with E-state index in [9.17, 15) is 111 Å². The average Bonchev–Trinajstić information content (AvgIpc) is 0.768. The number of hydrogen-bond donors (Lipinski definition) is 2. The molecule has 680 valence electrons. The van der Waals surface area contributed by atoms with Crippen molar-refractivity contribution in [1.29, 1.82) is 0 Å². The molecule has 8 aromatic heterocycles. The van der Waals surface area contributed by atoms with Crippen LogP contribution in [-0.4, -0.2) is 154 Å². The zero-order chi connectivity index (χ0) is 94.6. The Labute approximate surface area is 731 Å². The first-order chi connectivity index (χ1) is 57.2. The first kappa shape index (κ1) is 108. The Morgan fingerprint density at radius 1 is 0.500 bits per heavy atom. The topological polar surface area (TPSA) is 355 Å². The Hall–Kier alpha value is -10.5. The highest BCUT2D eigenvalue weighted by Crippen LogP contribution is 2.41. The Morgan fingerprint density at radius 3 is 1.20 bits per heavy atom. The predicted molar refractivity (Wildman–Crippen MR) is 450 cm³/mol. The number of hydrogen-bond acceptors (Lipinski definition) is 25. The van der Waals surface area contributed by atoms with Crippen LogP contribution >= 0.6 is 57.4 Å². The van der Waals surface area contributed by atoms with Gasteiger partial charge in [0.1, 0.15) is 81.3 Å². The summed E-state index contributed by atoms with van der Waals surface area (Å²) in [5.74, 6) is 2.50. The second-order valence-corrected chi connectivity index (χ2v) is 30.9. The molecule has 4 N–H and O–H groups in total. The van der Waals surface area contributed by atoms with Crippen molar-refractivity contribution in [2.45, 2.75) is 130 Å². The molecule has 47 heteroatoms. The third kappa shape index (κ3) is 36.0. The molecule has 28 nitrogen and oxygen atoms in total. The molecular weight excluding hydrogens is 1850 g/mol. The highest BCUT2D eigenvalue weighted by molar-refractivity contribution is 14.1. The number of halogens is 19. The summed E-state index contributed by atoms with van der Waals surface area (Å²) >= 11 is 17.2. The van der Waals surface area contributed by atoms with E-state index in [4.69, 9.17) is 39.7 Å². The third-order valence-electron chi connectivity index (χ3n) is 17.1. The van der Waals surface area contributed by atoms with Crippen molar-refractivity contribution in [2.75, 3.05) is 118 Å². The van der Waals surface area contributed by atoms with E-state index in [1.54, 1.807) is 0 Å². The van der Waals surface area contributed by atoms with Crippen molar-refractivity contribution < 1.29 is 95.0 Å². The van der Waals surface area contributed by atoms with E-state index >= 15 is 0 Å². The SMILES string of the molecule is CC(=O)Cc1cnc(N(C)C)c(C(F)(F)F)c1.CC(=O)Cl.CN(C)c1ncc(N)cc1C(F)(F)F.CN(C)c1ncc([N+](=O)[O-])cc1C(F)(F)F.Cc1ccc(CCC(=O)Cc2cnc(N(C)C)c(C(F)(F)F)c2)c(N2CCC(C)CC2)n1.Cc1ccc(CN)c(N2CCC(C)CC2)n1.O=[N+]([O-])c1cnc(C(F)(F)F)c(Cl)c1.O=[N+]([O-])c1cnc(Cl)c(I)c1. The molecule has 10 rings (SSSR count). The van der Waals surface area contributed by atoms with E-state index in [1.807, 2.05) is 54.6 Å². The van der Waals surface area contributed by atoms with Gasteiger partial charge in [-0.15, -0.1) is 0 Å². The van der Waals surface area contributed by atoms with Crippen LogP contribution < -0.4 is 40.9 Å². The van der Waals surface area contributed by atoms with Crippen LogP contribution in [0.1, 0.15) is 121 Å². The molecule has 0 unspecified atom stereocenters.